The fourth-order valence-electron chi connectivity index (χ4n) is 5.11. The van der Waals surface area contributed by atoms with Crippen molar-refractivity contribution in [2.45, 2.75) is 31.6 Å². The lowest BCUT2D eigenvalue weighted by atomic mass is 9.86. The van der Waals surface area contributed by atoms with E-state index in [4.69, 9.17) is 14.5 Å². The molecule has 1 unspecified atom stereocenters. The van der Waals surface area contributed by atoms with Crippen molar-refractivity contribution in [3.63, 3.8) is 0 Å². The summed E-state index contributed by atoms with van der Waals surface area (Å²) in [4.78, 5) is 31.3. The van der Waals surface area contributed by atoms with Crippen LogP contribution in [0.1, 0.15) is 41.6 Å². The van der Waals surface area contributed by atoms with E-state index in [1.165, 1.54) is 0 Å². The van der Waals surface area contributed by atoms with Crippen molar-refractivity contribution in [3.05, 3.63) is 93.3 Å². The average molecular weight is 454 g/mol. The molecule has 0 saturated heterocycles. The minimum absolute atomic E-state index is 0.0989. The predicted octanol–water partition coefficient (Wildman–Crippen LogP) is 3.68. The molecule has 2 atom stereocenters. The van der Waals surface area contributed by atoms with Crippen LogP contribution in [0.2, 0.25) is 0 Å². The second kappa shape index (κ2) is 7.27. The Morgan fingerprint density at radius 1 is 1.15 bits per heavy atom. The number of carbonyl (C=O) groups excluding carboxylic acids is 1. The molecule has 2 aliphatic heterocycles. The van der Waals surface area contributed by atoms with E-state index in [-0.39, 0.29) is 18.6 Å². The van der Waals surface area contributed by atoms with Crippen molar-refractivity contribution in [2.75, 3.05) is 7.11 Å². The number of fused-ring (bicyclic) bond motifs is 5. The summed E-state index contributed by atoms with van der Waals surface area (Å²) in [6.07, 6.45) is 0.0989. The van der Waals surface area contributed by atoms with Crippen LogP contribution in [0.25, 0.3) is 22.3 Å². The Kier molecular flexibility index (Phi) is 4.41. The number of pyridine rings is 2. The lowest BCUT2D eigenvalue weighted by molar-refractivity contribution is -0.172. The quantitative estimate of drug-likeness (QED) is 0.418. The SMILES string of the molecule is CC[C@@]1(O)C(=O)OCc2c1cc1n(c2=O)C(c2ccc(OC)cc2)c2cc3ccccc3nc2-1. The maximum Gasteiger partial charge on any atom is 0.343 e. The first-order valence-corrected chi connectivity index (χ1v) is 11.2. The third kappa shape index (κ3) is 2.70. The number of ether oxygens (including phenoxy) is 2. The normalized spacial score (nSPS) is 20.4. The molecular formula is C27H22N2O5. The molecule has 0 bridgehead atoms. The monoisotopic (exact) mass is 454 g/mol. The van der Waals surface area contributed by atoms with Gasteiger partial charge >= 0.3 is 5.97 Å². The topological polar surface area (TPSA) is 90.7 Å². The summed E-state index contributed by atoms with van der Waals surface area (Å²) in [5.74, 6) is -0.0141. The molecule has 2 aromatic heterocycles. The van der Waals surface area contributed by atoms with Gasteiger partial charge in [-0.15, -0.1) is 0 Å². The van der Waals surface area contributed by atoms with Gasteiger partial charge in [-0.25, -0.2) is 9.78 Å². The summed E-state index contributed by atoms with van der Waals surface area (Å²) in [7, 11) is 1.61. The van der Waals surface area contributed by atoms with E-state index in [2.05, 4.69) is 6.07 Å². The van der Waals surface area contributed by atoms with Gasteiger partial charge in [-0.2, -0.15) is 0 Å². The average Bonchev–Trinajstić information content (AvgIpc) is 3.19. The van der Waals surface area contributed by atoms with Gasteiger partial charge in [-0.3, -0.25) is 9.36 Å². The number of rotatable bonds is 3. The first-order valence-electron chi connectivity index (χ1n) is 11.2. The van der Waals surface area contributed by atoms with E-state index in [1.807, 2.05) is 48.5 Å². The van der Waals surface area contributed by atoms with Gasteiger partial charge in [0.05, 0.1) is 35.6 Å². The summed E-state index contributed by atoms with van der Waals surface area (Å²) < 4.78 is 12.2. The molecule has 0 amide bonds. The summed E-state index contributed by atoms with van der Waals surface area (Å²) in [5.41, 5.74) is 2.27. The van der Waals surface area contributed by atoms with Gasteiger partial charge in [0, 0.05) is 16.5 Å². The van der Waals surface area contributed by atoms with Crippen LogP contribution in [0, 0.1) is 0 Å². The minimum atomic E-state index is -1.86. The van der Waals surface area contributed by atoms with Crippen LogP contribution in [0.4, 0.5) is 0 Å². The highest BCUT2D eigenvalue weighted by Crippen LogP contribution is 2.45. The van der Waals surface area contributed by atoms with Crippen LogP contribution in [0.5, 0.6) is 5.75 Å². The van der Waals surface area contributed by atoms with Gasteiger partial charge in [0.1, 0.15) is 12.4 Å². The molecule has 6 rings (SSSR count). The molecule has 0 spiro atoms. The summed E-state index contributed by atoms with van der Waals surface area (Å²) >= 11 is 0. The van der Waals surface area contributed by atoms with E-state index < -0.39 is 17.6 Å². The van der Waals surface area contributed by atoms with Gasteiger partial charge < -0.3 is 14.6 Å². The molecule has 0 radical (unpaired) electrons. The lowest BCUT2D eigenvalue weighted by Crippen LogP contribution is -2.44. The highest BCUT2D eigenvalue weighted by molar-refractivity contribution is 5.87. The molecule has 0 fully saturated rings. The number of cyclic esters (lactones) is 1. The van der Waals surface area contributed by atoms with Crippen LogP contribution in [0.15, 0.2) is 65.5 Å². The third-order valence-electron chi connectivity index (χ3n) is 6.97. The first kappa shape index (κ1) is 20.6. The lowest BCUT2D eigenvalue weighted by Gasteiger charge is -2.32. The largest absolute Gasteiger partial charge is 0.497 e. The van der Waals surface area contributed by atoms with Gasteiger partial charge in [-0.1, -0.05) is 37.3 Å². The molecule has 7 nitrogen and oxygen atoms in total. The van der Waals surface area contributed by atoms with Crippen LogP contribution in [-0.2, 0) is 21.7 Å². The van der Waals surface area contributed by atoms with Gasteiger partial charge in [0.2, 0.25) is 0 Å². The Balaban J connectivity index is 1.69. The highest BCUT2D eigenvalue weighted by Gasteiger charge is 2.46. The van der Waals surface area contributed by atoms with Crippen LogP contribution < -0.4 is 10.3 Å². The summed E-state index contributed by atoms with van der Waals surface area (Å²) in [5, 5.41) is 12.1. The predicted molar refractivity (Wildman–Crippen MR) is 126 cm³/mol. The Morgan fingerprint density at radius 2 is 1.91 bits per heavy atom. The number of aromatic nitrogens is 2. The Hall–Kier alpha value is -3.97. The number of nitrogens with zero attached hydrogens (tertiary/aromatic N) is 2. The smallest absolute Gasteiger partial charge is 0.343 e. The number of aliphatic hydroxyl groups is 1. The van der Waals surface area contributed by atoms with Gasteiger partial charge in [-0.05, 0) is 42.3 Å². The summed E-state index contributed by atoms with van der Waals surface area (Å²) in [6, 6.07) is 18.8. The Morgan fingerprint density at radius 3 is 2.65 bits per heavy atom. The maximum atomic E-state index is 13.9. The molecular weight excluding hydrogens is 432 g/mol. The van der Waals surface area contributed by atoms with Gasteiger partial charge in [0.15, 0.2) is 5.60 Å². The van der Waals surface area contributed by atoms with Crippen molar-refractivity contribution in [2.24, 2.45) is 0 Å². The van der Waals surface area contributed by atoms with Crippen molar-refractivity contribution >= 4 is 16.9 Å². The fourth-order valence-corrected chi connectivity index (χ4v) is 5.11. The molecule has 7 heteroatoms. The number of methoxy groups -OCH3 is 1. The number of hydrogen-bond donors (Lipinski definition) is 1. The van der Waals surface area contributed by atoms with Crippen molar-refractivity contribution in [1.29, 1.82) is 0 Å². The van der Waals surface area contributed by atoms with E-state index in [1.54, 1.807) is 24.7 Å². The minimum Gasteiger partial charge on any atom is -0.497 e. The highest BCUT2D eigenvalue weighted by atomic mass is 16.6. The van der Waals surface area contributed by atoms with Crippen molar-refractivity contribution < 1.29 is 19.4 Å². The standard InChI is InChI=1S/C27H22N2O5/c1-3-27(32)20-13-22-23-18(12-16-6-4-5-7-21(16)28-23)24(15-8-10-17(33-2)11-9-15)29(22)25(30)19(20)14-34-26(27)31/h4-13,24,32H,3,14H2,1-2H3/t24?,27-/m0/s1. The van der Waals surface area contributed by atoms with Crippen molar-refractivity contribution in [1.82, 2.24) is 9.55 Å². The van der Waals surface area contributed by atoms with Crippen molar-refractivity contribution in [3.8, 4) is 17.1 Å². The van der Waals surface area contributed by atoms with Gasteiger partial charge in [0.25, 0.3) is 5.56 Å². The van der Waals surface area contributed by atoms with E-state index in [0.29, 0.717) is 22.5 Å². The first-order chi connectivity index (χ1) is 16.5. The molecule has 2 aliphatic rings. The zero-order valence-corrected chi connectivity index (χ0v) is 18.7. The Labute approximate surface area is 195 Å². The number of para-hydroxylation sites is 1. The second-order valence-electron chi connectivity index (χ2n) is 8.68. The molecule has 0 saturated carbocycles. The number of benzene rings is 2. The maximum absolute atomic E-state index is 13.9. The molecule has 0 aliphatic carbocycles. The van der Waals surface area contributed by atoms with Crippen LogP contribution in [-0.4, -0.2) is 27.7 Å². The van der Waals surface area contributed by atoms with E-state index in [0.717, 1.165) is 27.8 Å². The molecule has 4 heterocycles. The van der Waals surface area contributed by atoms with Crippen LogP contribution >= 0.6 is 0 Å². The number of hydrogen-bond acceptors (Lipinski definition) is 6. The molecule has 1 N–H and O–H groups in total. The Bertz CT molecular complexity index is 1540. The zero-order valence-electron chi connectivity index (χ0n) is 18.7. The molecule has 34 heavy (non-hydrogen) atoms. The molecule has 4 aromatic rings. The summed E-state index contributed by atoms with van der Waals surface area (Å²) in [6.45, 7) is 1.53. The van der Waals surface area contributed by atoms with E-state index >= 15 is 0 Å². The zero-order chi connectivity index (χ0) is 23.6. The fraction of sp³-hybridized carbons (Fsp3) is 0.222. The second-order valence-corrected chi connectivity index (χ2v) is 8.68. The molecule has 2 aromatic carbocycles. The number of esters is 1. The molecule has 170 valence electrons. The van der Waals surface area contributed by atoms with E-state index in [9.17, 15) is 14.7 Å². The number of carbonyl (C=O) groups is 1. The third-order valence-corrected chi connectivity index (χ3v) is 6.97. The van der Waals surface area contributed by atoms with Crippen LogP contribution in [0.3, 0.4) is 0 Å².